The predicted octanol–water partition coefficient (Wildman–Crippen LogP) is 3.46. The quantitative estimate of drug-likeness (QED) is 0.546. The van der Waals surface area contributed by atoms with E-state index in [2.05, 4.69) is 10.0 Å². The first-order valence-corrected chi connectivity index (χ1v) is 11.6. The highest BCUT2D eigenvalue weighted by Gasteiger charge is 2.25. The Morgan fingerprint density at radius 3 is 2.19 bits per heavy atom. The van der Waals surface area contributed by atoms with Gasteiger partial charge in [-0.2, -0.15) is 0 Å². The zero-order chi connectivity index (χ0) is 22.7. The van der Waals surface area contributed by atoms with Crippen LogP contribution in [0.3, 0.4) is 0 Å². The van der Waals surface area contributed by atoms with E-state index >= 15 is 0 Å². The SMILES string of the molecule is COc1ccc(C[C@@H](NS(=O)(=O)c2ccc3c(c2)CC(=O)N3)c2ccc(OC)cc2)cc1. The van der Waals surface area contributed by atoms with Gasteiger partial charge in [0.25, 0.3) is 0 Å². The summed E-state index contributed by atoms with van der Waals surface area (Å²) in [7, 11) is -0.657. The molecular weight excluding hydrogens is 428 g/mol. The molecule has 3 aromatic carbocycles. The lowest BCUT2D eigenvalue weighted by Crippen LogP contribution is -2.30. The molecule has 8 heteroatoms. The lowest BCUT2D eigenvalue weighted by molar-refractivity contribution is -0.115. The van der Waals surface area contributed by atoms with Crippen molar-refractivity contribution in [1.29, 1.82) is 0 Å². The van der Waals surface area contributed by atoms with Gasteiger partial charge in [0.05, 0.1) is 31.6 Å². The van der Waals surface area contributed by atoms with Gasteiger partial charge in [0.1, 0.15) is 11.5 Å². The molecule has 0 fully saturated rings. The Hall–Kier alpha value is -3.36. The summed E-state index contributed by atoms with van der Waals surface area (Å²) in [5.41, 5.74) is 3.09. The highest BCUT2D eigenvalue weighted by atomic mass is 32.2. The van der Waals surface area contributed by atoms with Crippen LogP contribution in [0.5, 0.6) is 11.5 Å². The van der Waals surface area contributed by atoms with Crippen LogP contribution in [0, 0.1) is 0 Å². The summed E-state index contributed by atoms with van der Waals surface area (Å²) in [5, 5.41) is 2.72. The van der Waals surface area contributed by atoms with E-state index in [0.29, 0.717) is 23.4 Å². The maximum absolute atomic E-state index is 13.2. The summed E-state index contributed by atoms with van der Waals surface area (Å²) in [4.78, 5) is 11.8. The van der Waals surface area contributed by atoms with E-state index in [1.807, 2.05) is 36.4 Å². The van der Waals surface area contributed by atoms with Gasteiger partial charge in [-0.15, -0.1) is 0 Å². The molecule has 166 valence electrons. The van der Waals surface area contributed by atoms with E-state index in [0.717, 1.165) is 16.9 Å². The Kier molecular flexibility index (Phi) is 6.16. The lowest BCUT2D eigenvalue weighted by atomic mass is 9.99. The van der Waals surface area contributed by atoms with Crippen molar-refractivity contribution in [1.82, 2.24) is 4.72 Å². The number of methoxy groups -OCH3 is 2. The summed E-state index contributed by atoms with van der Waals surface area (Å²) in [5.74, 6) is 1.28. The van der Waals surface area contributed by atoms with Crippen molar-refractivity contribution in [2.75, 3.05) is 19.5 Å². The molecule has 1 aliphatic rings. The van der Waals surface area contributed by atoms with Crippen LogP contribution >= 0.6 is 0 Å². The number of hydrogen-bond acceptors (Lipinski definition) is 5. The van der Waals surface area contributed by atoms with Crippen LogP contribution in [0.4, 0.5) is 5.69 Å². The third-order valence-electron chi connectivity index (χ3n) is 5.43. The minimum absolute atomic E-state index is 0.126. The number of rotatable bonds is 8. The summed E-state index contributed by atoms with van der Waals surface area (Å²) >= 11 is 0. The van der Waals surface area contributed by atoms with Crippen molar-refractivity contribution in [3.8, 4) is 11.5 Å². The number of benzene rings is 3. The van der Waals surface area contributed by atoms with Gasteiger partial charge in [-0.3, -0.25) is 4.79 Å². The molecule has 1 heterocycles. The second kappa shape index (κ2) is 9.02. The van der Waals surface area contributed by atoms with Gasteiger partial charge in [0, 0.05) is 5.69 Å². The molecule has 1 aliphatic heterocycles. The van der Waals surface area contributed by atoms with Crippen LogP contribution in [0.2, 0.25) is 0 Å². The number of nitrogens with one attached hydrogen (secondary N) is 2. The lowest BCUT2D eigenvalue weighted by Gasteiger charge is -2.20. The molecule has 0 radical (unpaired) electrons. The van der Waals surface area contributed by atoms with E-state index in [1.54, 1.807) is 38.5 Å². The van der Waals surface area contributed by atoms with Gasteiger partial charge < -0.3 is 14.8 Å². The van der Waals surface area contributed by atoms with E-state index < -0.39 is 16.1 Å². The smallest absolute Gasteiger partial charge is 0.241 e. The first-order valence-electron chi connectivity index (χ1n) is 10.1. The molecule has 0 aromatic heterocycles. The van der Waals surface area contributed by atoms with Crippen molar-refractivity contribution < 1.29 is 22.7 Å². The van der Waals surface area contributed by atoms with E-state index in [1.165, 1.54) is 6.07 Å². The Labute approximate surface area is 187 Å². The van der Waals surface area contributed by atoms with Crippen molar-refractivity contribution in [3.05, 3.63) is 83.4 Å². The summed E-state index contributed by atoms with van der Waals surface area (Å²) < 4.78 is 39.8. The van der Waals surface area contributed by atoms with Crippen molar-refractivity contribution in [2.45, 2.75) is 23.8 Å². The molecule has 0 saturated heterocycles. The minimum atomic E-state index is -3.84. The molecule has 32 heavy (non-hydrogen) atoms. The molecule has 7 nitrogen and oxygen atoms in total. The molecule has 0 spiro atoms. The number of fused-ring (bicyclic) bond motifs is 1. The van der Waals surface area contributed by atoms with Gasteiger partial charge in [-0.1, -0.05) is 24.3 Å². The topological polar surface area (TPSA) is 93.7 Å². The molecule has 4 rings (SSSR count). The van der Waals surface area contributed by atoms with Crippen LogP contribution in [-0.2, 0) is 27.7 Å². The second-order valence-corrected chi connectivity index (χ2v) is 9.26. The third kappa shape index (κ3) is 4.76. The predicted molar refractivity (Wildman–Crippen MR) is 122 cm³/mol. The molecule has 0 unspecified atom stereocenters. The maximum Gasteiger partial charge on any atom is 0.241 e. The summed E-state index contributed by atoms with van der Waals surface area (Å²) in [6.45, 7) is 0. The number of sulfonamides is 1. The van der Waals surface area contributed by atoms with Crippen LogP contribution in [0.25, 0.3) is 0 Å². The van der Waals surface area contributed by atoms with Gasteiger partial charge in [-0.05, 0) is 65.6 Å². The summed E-state index contributed by atoms with van der Waals surface area (Å²) in [6, 6.07) is 19.0. The number of carbonyl (C=O) groups is 1. The Morgan fingerprint density at radius 2 is 1.56 bits per heavy atom. The highest BCUT2D eigenvalue weighted by Crippen LogP contribution is 2.28. The van der Waals surface area contributed by atoms with E-state index in [9.17, 15) is 13.2 Å². The van der Waals surface area contributed by atoms with Crippen LogP contribution in [-0.4, -0.2) is 28.5 Å². The number of ether oxygens (including phenoxy) is 2. The fourth-order valence-electron chi connectivity index (χ4n) is 3.69. The molecule has 3 aromatic rings. The monoisotopic (exact) mass is 452 g/mol. The number of anilines is 1. The Bertz CT molecular complexity index is 1220. The fourth-order valence-corrected chi connectivity index (χ4v) is 4.96. The van der Waals surface area contributed by atoms with Gasteiger partial charge in [0.2, 0.25) is 15.9 Å². The average molecular weight is 453 g/mol. The standard InChI is InChI=1S/C24H24N2O5S/c1-30-19-7-3-16(4-8-19)13-23(17-5-9-20(31-2)10-6-17)26-32(28,29)21-11-12-22-18(14-21)15-24(27)25-22/h3-12,14,23,26H,13,15H2,1-2H3,(H,25,27)/t23-/m1/s1. The normalized spacial score (nSPS) is 13.9. The fraction of sp³-hybridized carbons (Fsp3) is 0.208. The van der Waals surface area contributed by atoms with Crippen LogP contribution in [0.15, 0.2) is 71.6 Å². The average Bonchev–Trinajstić information content (AvgIpc) is 3.18. The molecule has 0 saturated carbocycles. The zero-order valence-electron chi connectivity index (χ0n) is 17.8. The molecule has 1 atom stereocenters. The number of carbonyl (C=O) groups excluding carboxylic acids is 1. The molecule has 1 amide bonds. The Morgan fingerprint density at radius 1 is 0.938 bits per heavy atom. The highest BCUT2D eigenvalue weighted by molar-refractivity contribution is 7.89. The number of amides is 1. The molecule has 0 bridgehead atoms. The molecule has 2 N–H and O–H groups in total. The largest absolute Gasteiger partial charge is 0.497 e. The first-order chi connectivity index (χ1) is 15.4. The first kappa shape index (κ1) is 21.9. The second-order valence-electron chi connectivity index (χ2n) is 7.54. The maximum atomic E-state index is 13.2. The third-order valence-corrected chi connectivity index (χ3v) is 6.90. The van der Waals surface area contributed by atoms with Crippen LogP contribution < -0.4 is 19.5 Å². The molecular formula is C24H24N2O5S. The van der Waals surface area contributed by atoms with E-state index in [4.69, 9.17) is 9.47 Å². The molecule has 0 aliphatic carbocycles. The van der Waals surface area contributed by atoms with Gasteiger partial charge in [-0.25, -0.2) is 13.1 Å². The van der Waals surface area contributed by atoms with Crippen LogP contribution in [0.1, 0.15) is 22.7 Å². The van der Waals surface area contributed by atoms with Gasteiger partial charge in [0.15, 0.2) is 0 Å². The zero-order valence-corrected chi connectivity index (χ0v) is 18.6. The van der Waals surface area contributed by atoms with Gasteiger partial charge >= 0.3 is 0 Å². The van der Waals surface area contributed by atoms with Crippen molar-refractivity contribution >= 4 is 21.6 Å². The minimum Gasteiger partial charge on any atom is -0.497 e. The summed E-state index contributed by atoms with van der Waals surface area (Å²) in [6.07, 6.45) is 0.618. The van der Waals surface area contributed by atoms with Crippen molar-refractivity contribution in [2.24, 2.45) is 0 Å². The van der Waals surface area contributed by atoms with E-state index in [-0.39, 0.29) is 17.2 Å². The number of hydrogen-bond donors (Lipinski definition) is 2. The van der Waals surface area contributed by atoms with Crippen molar-refractivity contribution in [3.63, 3.8) is 0 Å². The Balaban J connectivity index is 1.64.